The Labute approximate surface area is 170 Å². The molecule has 7 heteroatoms. The maximum absolute atomic E-state index is 12.9. The summed E-state index contributed by atoms with van der Waals surface area (Å²) in [6, 6.07) is 12.5. The van der Waals surface area contributed by atoms with Crippen LogP contribution in [-0.4, -0.2) is 43.7 Å². The van der Waals surface area contributed by atoms with Crippen molar-refractivity contribution in [2.45, 2.75) is 32.2 Å². The maximum Gasteiger partial charge on any atom is 0.254 e. The van der Waals surface area contributed by atoms with Crippen molar-refractivity contribution in [2.75, 3.05) is 20.1 Å². The first-order valence-electron chi connectivity index (χ1n) is 8.81. The first kappa shape index (κ1) is 21.6. The van der Waals surface area contributed by atoms with Crippen molar-refractivity contribution in [1.29, 1.82) is 0 Å². The van der Waals surface area contributed by atoms with E-state index in [0.717, 1.165) is 15.6 Å². The number of halogens is 1. The zero-order valence-electron chi connectivity index (χ0n) is 16.1. The van der Waals surface area contributed by atoms with Crippen LogP contribution in [0.1, 0.15) is 35.3 Å². The molecule has 0 spiro atoms. The first-order chi connectivity index (χ1) is 12.7. The van der Waals surface area contributed by atoms with Crippen LogP contribution >= 0.6 is 15.9 Å². The molecular formula is C20H25BrN2O3S. The van der Waals surface area contributed by atoms with E-state index in [4.69, 9.17) is 0 Å². The van der Waals surface area contributed by atoms with Gasteiger partial charge in [-0.05, 0) is 42.3 Å². The van der Waals surface area contributed by atoms with Gasteiger partial charge in [0.25, 0.3) is 5.91 Å². The molecule has 0 N–H and O–H groups in total. The SMILES string of the molecule is CCN(CC)S(=O)(=O)c1ccc(C)c(C(=O)N(C)Cc2ccc(Br)cc2)c1. The van der Waals surface area contributed by atoms with Crippen LogP contribution in [0.5, 0.6) is 0 Å². The molecule has 0 aliphatic heterocycles. The van der Waals surface area contributed by atoms with Crippen LogP contribution in [0.2, 0.25) is 0 Å². The summed E-state index contributed by atoms with van der Waals surface area (Å²) in [4.78, 5) is 14.7. The van der Waals surface area contributed by atoms with E-state index in [9.17, 15) is 13.2 Å². The van der Waals surface area contributed by atoms with Gasteiger partial charge in [0.05, 0.1) is 4.90 Å². The summed E-state index contributed by atoms with van der Waals surface area (Å²) >= 11 is 3.40. The van der Waals surface area contributed by atoms with Crippen LogP contribution in [0.3, 0.4) is 0 Å². The summed E-state index contributed by atoms with van der Waals surface area (Å²) in [7, 11) is -1.89. The molecule has 0 aromatic heterocycles. The molecule has 5 nitrogen and oxygen atoms in total. The molecule has 2 rings (SSSR count). The van der Waals surface area contributed by atoms with Gasteiger partial charge in [0, 0.05) is 36.7 Å². The van der Waals surface area contributed by atoms with E-state index in [1.807, 2.05) is 31.2 Å². The number of carbonyl (C=O) groups excluding carboxylic acids is 1. The minimum absolute atomic E-state index is 0.150. The molecule has 2 aromatic rings. The van der Waals surface area contributed by atoms with Gasteiger partial charge in [-0.15, -0.1) is 0 Å². The Bertz CT molecular complexity index is 907. The number of amides is 1. The number of hydrogen-bond acceptors (Lipinski definition) is 3. The van der Waals surface area contributed by atoms with Crippen LogP contribution in [0.15, 0.2) is 51.8 Å². The molecule has 2 aromatic carbocycles. The van der Waals surface area contributed by atoms with Gasteiger partial charge in [-0.3, -0.25) is 4.79 Å². The van der Waals surface area contributed by atoms with Crippen LogP contribution in [-0.2, 0) is 16.6 Å². The third kappa shape index (κ3) is 4.97. The summed E-state index contributed by atoms with van der Waals surface area (Å²) in [5.74, 6) is -0.202. The third-order valence-corrected chi connectivity index (χ3v) is 7.04. The Morgan fingerprint density at radius 2 is 1.63 bits per heavy atom. The van der Waals surface area contributed by atoms with Crippen molar-refractivity contribution in [1.82, 2.24) is 9.21 Å². The molecule has 0 aliphatic carbocycles. The topological polar surface area (TPSA) is 57.7 Å². The minimum Gasteiger partial charge on any atom is -0.337 e. The van der Waals surface area contributed by atoms with E-state index in [1.54, 1.807) is 37.9 Å². The van der Waals surface area contributed by atoms with Gasteiger partial charge in [-0.25, -0.2) is 8.42 Å². The zero-order valence-corrected chi connectivity index (χ0v) is 18.5. The number of sulfonamides is 1. The van der Waals surface area contributed by atoms with E-state index in [0.29, 0.717) is 25.2 Å². The van der Waals surface area contributed by atoms with Gasteiger partial charge in [-0.1, -0.05) is 48.0 Å². The van der Waals surface area contributed by atoms with Crippen molar-refractivity contribution in [3.05, 3.63) is 63.6 Å². The predicted molar refractivity (Wildman–Crippen MR) is 111 cm³/mol. The molecule has 27 heavy (non-hydrogen) atoms. The molecule has 0 fully saturated rings. The maximum atomic E-state index is 12.9. The van der Waals surface area contributed by atoms with E-state index < -0.39 is 10.0 Å². The van der Waals surface area contributed by atoms with E-state index in [-0.39, 0.29) is 10.8 Å². The lowest BCUT2D eigenvalue weighted by atomic mass is 10.1. The number of aryl methyl sites for hydroxylation is 1. The number of hydrogen-bond donors (Lipinski definition) is 0. The highest BCUT2D eigenvalue weighted by Crippen LogP contribution is 2.21. The molecule has 0 heterocycles. The van der Waals surface area contributed by atoms with E-state index >= 15 is 0 Å². The standard InChI is InChI=1S/C20H25BrN2O3S/c1-5-23(6-2)27(25,26)18-12-7-15(3)19(13-18)20(24)22(4)14-16-8-10-17(21)11-9-16/h7-13H,5-6,14H2,1-4H3. The molecular weight excluding hydrogens is 428 g/mol. The van der Waals surface area contributed by atoms with Gasteiger partial charge in [-0.2, -0.15) is 4.31 Å². The molecule has 0 saturated carbocycles. The molecule has 146 valence electrons. The fourth-order valence-electron chi connectivity index (χ4n) is 2.85. The highest BCUT2D eigenvalue weighted by molar-refractivity contribution is 9.10. The van der Waals surface area contributed by atoms with Gasteiger partial charge in [0.2, 0.25) is 10.0 Å². The summed E-state index contributed by atoms with van der Waals surface area (Å²) in [6.45, 7) is 6.63. The average molecular weight is 453 g/mol. The van der Waals surface area contributed by atoms with Gasteiger partial charge >= 0.3 is 0 Å². The molecule has 0 aliphatic rings. The second-order valence-corrected chi connectivity index (χ2v) is 9.21. The Kier molecular flexibility index (Phi) is 7.19. The summed E-state index contributed by atoms with van der Waals surface area (Å²) < 4.78 is 27.9. The summed E-state index contributed by atoms with van der Waals surface area (Å²) in [5.41, 5.74) is 2.16. The molecule has 0 bridgehead atoms. The zero-order chi connectivity index (χ0) is 20.2. The van der Waals surface area contributed by atoms with Gasteiger partial charge in [0.15, 0.2) is 0 Å². The normalized spacial score (nSPS) is 11.6. The fourth-order valence-corrected chi connectivity index (χ4v) is 4.59. The monoisotopic (exact) mass is 452 g/mol. The predicted octanol–water partition coefficient (Wildman–Crippen LogP) is 4.06. The van der Waals surface area contributed by atoms with Crippen LogP contribution in [0.25, 0.3) is 0 Å². The van der Waals surface area contributed by atoms with Crippen LogP contribution < -0.4 is 0 Å². The number of carbonyl (C=O) groups is 1. The van der Waals surface area contributed by atoms with Gasteiger partial charge < -0.3 is 4.90 Å². The number of benzene rings is 2. The minimum atomic E-state index is -3.61. The summed E-state index contributed by atoms with van der Waals surface area (Å²) in [5, 5.41) is 0. The molecule has 0 radical (unpaired) electrons. The van der Waals surface area contributed by atoms with Crippen molar-refractivity contribution < 1.29 is 13.2 Å². The molecule has 0 unspecified atom stereocenters. The molecule has 0 saturated heterocycles. The highest BCUT2D eigenvalue weighted by Gasteiger charge is 2.24. The largest absolute Gasteiger partial charge is 0.337 e. The summed E-state index contributed by atoms with van der Waals surface area (Å²) in [6.07, 6.45) is 0. The van der Waals surface area contributed by atoms with E-state index in [2.05, 4.69) is 15.9 Å². The van der Waals surface area contributed by atoms with Crippen molar-refractivity contribution in [2.24, 2.45) is 0 Å². The lowest BCUT2D eigenvalue weighted by Gasteiger charge is -2.21. The first-order valence-corrected chi connectivity index (χ1v) is 11.0. The van der Waals surface area contributed by atoms with Crippen LogP contribution in [0.4, 0.5) is 0 Å². The van der Waals surface area contributed by atoms with Crippen molar-refractivity contribution >= 4 is 31.9 Å². The Hall–Kier alpha value is -1.70. The van der Waals surface area contributed by atoms with E-state index in [1.165, 1.54) is 10.4 Å². The van der Waals surface area contributed by atoms with Gasteiger partial charge in [0.1, 0.15) is 0 Å². The Morgan fingerprint density at radius 3 is 2.19 bits per heavy atom. The third-order valence-electron chi connectivity index (χ3n) is 4.46. The average Bonchev–Trinajstić information content (AvgIpc) is 2.64. The second-order valence-electron chi connectivity index (χ2n) is 6.35. The Balaban J connectivity index is 2.31. The van der Waals surface area contributed by atoms with Crippen molar-refractivity contribution in [3.63, 3.8) is 0 Å². The number of rotatable bonds is 7. The Morgan fingerprint density at radius 1 is 1.04 bits per heavy atom. The fraction of sp³-hybridized carbons (Fsp3) is 0.350. The van der Waals surface area contributed by atoms with Crippen LogP contribution in [0, 0.1) is 6.92 Å². The number of nitrogens with zero attached hydrogens (tertiary/aromatic N) is 2. The lowest BCUT2D eigenvalue weighted by molar-refractivity contribution is 0.0784. The molecule has 0 atom stereocenters. The quantitative estimate of drug-likeness (QED) is 0.636. The smallest absolute Gasteiger partial charge is 0.254 e. The van der Waals surface area contributed by atoms with Crippen molar-refractivity contribution in [3.8, 4) is 0 Å². The highest BCUT2D eigenvalue weighted by atomic mass is 79.9. The second kappa shape index (κ2) is 8.99. The lowest BCUT2D eigenvalue weighted by Crippen LogP contribution is -2.31. The molecule has 1 amide bonds.